The number of benzene rings is 1. The average molecular weight is 401 g/mol. The van der Waals surface area contributed by atoms with Crippen LogP contribution in [0.4, 0.5) is 11.5 Å². The van der Waals surface area contributed by atoms with Gasteiger partial charge in [-0.1, -0.05) is 53.2 Å². The van der Waals surface area contributed by atoms with Crippen LogP contribution in [0.15, 0.2) is 33.9 Å². The number of carbonyl (C=O) groups excluding carboxylic acids is 1. The van der Waals surface area contributed by atoms with Crippen molar-refractivity contribution in [1.82, 2.24) is 9.55 Å². The number of nitrogens with zero attached hydrogens (tertiary/aromatic N) is 2. The molecule has 0 aliphatic rings. The summed E-state index contributed by atoms with van der Waals surface area (Å²) < 4.78 is 1.33. The minimum atomic E-state index is -0.643. The summed E-state index contributed by atoms with van der Waals surface area (Å²) in [5.41, 5.74) is 6.68. The Hall–Kier alpha value is -2.83. The summed E-state index contributed by atoms with van der Waals surface area (Å²) in [7, 11) is 0. The van der Waals surface area contributed by atoms with E-state index in [1.807, 2.05) is 32.9 Å². The van der Waals surface area contributed by atoms with Crippen LogP contribution in [0.25, 0.3) is 0 Å². The highest BCUT2D eigenvalue weighted by atomic mass is 16.2. The van der Waals surface area contributed by atoms with Gasteiger partial charge in [0.1, 0.15) is 5.82 Å². The molecule has 1 aromatic heterocycles. The number of amides is 1. The van der Waals surface area contributed by atoms with E-state index >= 15 is 0 Å². The second-order valence-electron chi connectivity index (χ2n) is 8.08. The van der Waals surface area contributed by atoms with E-state index < -0.39 is 11.2 Å². The Bertz CT molecular complexity index is 956. The molecule has 0 saturated heterocycles. The molecular formula is C22H32N4O3. The van der Waals surface area contributed by atoms with Crippen molar-refractivity contribution < 1.29 is 4.79 Å². The number of unbranched alkanes of at least 4 members (excludes halogenated alkanes) is 1. The molecule has 7 nitrogen and oxygen atoms in total. The fourth-order valence-corrected chi connectivity index (χ4v) is 3.18. The lowest BCUT2D eigenvalue weighted by molar-refractivity contribution is 0.0986. The highest BCUT2D eigenvalue weighted by Crippen LogP contribution is 2.22. The largest absolute Gasteiger partial charge is 0.383 e. The molecule has 1 amide bonds. The van der Waals surface area contributed by atoms with Crippen molar-refractivity contribution in [2.75, 3.05) is 17.2 Å². The number of nitrogens with one attached hydrogen (secondary N) is 1. The minimum absolute atomic E-state index is 0.0238. The Kier molecular flexibility index (Phi) is 7.42. The molecule has 0 radical (unpaired) electrons. The van der Waals surface area contributed by atoms with Gasteiger partial charge < -0.3 is 10.6 Å². The van der Waals surface area contributed by atoms with Crippen molar-refractivity contribution in [1.29, 1.82) is 0 Å². The number of anilines is 2. The van der Waals surface area contributed by atoms with E-state index in [9.17, 15) is 14.4 Å². The Balaban J connectivity index is 2.56. The zero-order valence-electron chi connectivity index (χ0n) is 18.0. The van der Waals surface area contributed by atoms with Gasteiger partial charge in [-0.25, -0.2) is 4.79 Å². The van der Waals surface area contributed by atoms with E-state index in [0.29, 0.717) is 31.0 Å². The highest BCUT2D eigenvalue weighted by Gasteiger charge is 2.25. The molecule has 0 atom stereocenters. The topological polar surface area (TPSA) is 101 Å². The van der Waals surface area contributed by atoms with Crippen LogP contribution in [-0.2, 0) is 6.54 Å². The van der Waals surface area contributed by atoms with Crippen LogP contribution in [0.2, 0.25) is 0 Å². The molecule has 1 heterocycles. The van der Waals surface area contributed by atoms with Crippen molar-refractivity contribution in [2.24, 2.45) is 5.92 Å². The third kappa shape index (κ3) is 5.16. The molecule has 1 aromatic carbocycles. The second-order valence-corrected chi connectivity index (χ2v) is 8.08. The molecule has 2 rings (SSSR count). The number of carbonyl (C=O) groups is 1. The highest BCUT2D eigenvalue weighted by molar-refractivity contribution is 6.07. The predicted octanol–water partition coefficient (Wildman–Crippen LogP) is 3.35. The summed E-state index contributed by atoms with van der Waals surface area (Å²) >= 11 is 0. The zero-order chi connectivity index (χ0) is 21.7. The maximum absolute atomic E-state index is 13.3. The fraction of sp³-hybridized carbons (Fsp3) is 0.500. The second kappa shape index (κ2) is 9.58. The van der Waals surface area contributed by atoms with E-state index in [2.05, 4.69) is 18.8 Å². The summed E-state index contributed by atoms with van der Waals surface area (Å²) in [6, 6.07) is 7.38. The number of rotatable bonds is 8. The van der Waals surface area contributed by atoms with Crippen LogP contribution in [0.5, 0.6) is 0 Å². The Labute approximate surface area is 171 Å². The first-order valence-corrected chi connectivity index (χ1v) is 10.2. The minimum Gasteiger partial charge on any atom is -0.383 e. The predicted molar refractivity (Wildman–Crippen MR) is 118 cm³/mol. The first kappa shape index (κ1) is 22.5. The SMILES string of the molecule is CCCCN(C(=O)c1ccc(C(C)C)cc1)c1c(N)n(CC(C)C)c(=O)[nH]c1=O. The summed E-state index contributed by atoms with van der Waals surface area (Å²) in [5.74, 6) is 0.224. The van der Waals surface area contributed by atoms with E-state index in [1.54, 1.807) is 12.1 Å². The molecule has 29 heavy (non-hydrogen) atoms. The number of aromatic nitrogens is 2. The summed E-state index contributed by atoms with van der Waals surface area (Å²) in [6.07, 6.45) is 1.55. The quantitative estimate of drug-likeness (QED) is 0.709. The molecule has 2 aromatic rings. The normalized spacial score (nSPS) is 11.3. The van der Waals surface area contributed by atoms with Gasteiger partial charge in [0.25, 0.3) is 11.5 Å². The van der Waals surface area contributed by atoms with Gasteiger partial charge in [0.15, 0.2) is 5.69 Å². The van der Waals surface area contributed by atoms with Crippen molar-refractivity contribution in [3.63, 3.8) is 0 Å². The van der Waals surface area contributed by atoms with Crippen molar-refractivity contribution >= 4 is 17.4 Å². The van der Waals surface area contributed by atoms with Crippen LogP contribution in [0.3, 0.4) is 0 Å². The van der Waals surface area contributed by atoms with Crippen LogP contribution in [0, 0.1) is 5.92 Å². The third-order valence-corrected chi connectivity index (χ3v) is 4.84. The van der Waals surface area contributed by atoms with Gasteiger partial charge in [0.05, 0.1) is 0 Å². The van der Waals surface area contributed by atoms with Crippen LogP contribution >= 0.6 is 0 Å². The maximum atomic E-state index is 13.3. The average Bonchev–Trinajstić information content (AvgIpc) is 2.67. The Morgan fingerprint density at radius 1 is 1.14 bits per heavy atom. The molecule has 0 aliphatic heterocycles. The maximum Gasteiger partial charge on any atom is 0.330 e. The van der Waals surface area contributed by atoms with Gasteiger partial charge in [-0.3, -0.25) is 19.1 Å². The van der Waals surface area contributed by atoms with E-state index in [-0.39, 0.29) is 23.3 Å². The molecule has 0 saturated carbocycles. The number of aromatic amines is 1. The molecule has 0 bridgehead atoms. The number of H-pyrrole nitrogens is 1. The van der Waals surface area contributed by atoms with E-state index in [0.717, 1.165) is 12.0 Å². The van der Waals surface area contributed by atoms with Gasteiger partial charge in [-0.15, -0.1) is 0 Å². The third-order valence-electron chi connectivity index (χ3n) is 4.84. The summed E-state index contributed by atoms with van der Waals surface area (Å²) in [4.78, 5) is 41.9. The molecule has 158 valence electrons. The van der Waals surface area contributed by atoms with Crippen LogP contribution < -0.4 is 21.9 Å². The van der Waals surface area contributed by atoms with Crippen molar-refractivity contribution in [3.05, 3.63) is 56.2 Å². The number of nitrogens with two attached hydrogens (primary N) is 1. The molecule has 7 heteroatoms. The Morgan fingerprint density at radius 2 is 1.76 bits per heavy atom. The van der Waals surface area contributed by atoms with Gasteiger partial charge in [0.2, 0.25) is 0 Å². The monoisotopic (exact) mass is 400 g/mol. The number of hydrogen-bond donors (Lipinski definition) is 2. The molecule has 3 N–H and O–H groups in total. The van der Waals surface area contributed by atoms with Crippen molar-refractivity contribution in [2.45, 2.75) is 59.9 Å². The van der Waals surface area contributed by atoms with E-state index in [1.165, 1.54) is 9.47 Å². The van der Waals surface area contributed by atoms with Crippen LogP contribution in [0.1, 0.15) is 69.3 Å². The lowest BCUT2D eigenvalue weighted by Gasteiger charge is -2.25. The molecule has 0 fully saturated rings. The zero-order valence-corrected chi connectivity index (χ0v) is 18.0. The van der Waals surface area contributed by atoms with Crippen molar-refractivity contribution in [3.8, 4) is 0 Å². The standard InChI is InChI=1S/C22H32N4O3/c1-6-7-12-25(21(28)17-10-8-16(9-11-17)15(4)5)18-19(23)26(13-14(2)3)22(29)24-20(18)27/h8-11,14-15H,6-7,12-13,23H2,1-5H3,(H,24,27,29). The van der Waals surface area contributed by atoms with Crippen LogP contribution in [-0.4, -0.2) is 22.0 Å². The van der Waals surface area contributed by atoms with Gasteiger partial charge >= 0.3 is 5.69 Å². The molecule has 0 unspecified atom stereocenters. The Morgan fingerprint density at radius 3 is 2.28 bits per heavy atom. The number of hydrogen-bond acceptors (Lipinski definition) is 4. The van der Waals surface area contributed by atoms with Gasteiger partial charge in [-0.05, 0) is 36.0 Å². The first-order chi connectivity index (χ1) is 13.7. The molecular weight excluding hydrogens is 368 g/mol. The fourth-order valence-electron chi connectivity index (χ4n) is 3.18. The van der Waals surface area contributed by atoms with E-state index in [4.69, 9.17) is 5.73 Å². The lowest BCUT2D eigenvalue weighted by atomic mass is 10.0. The first-order valence-electron chi connectivity index (χ1n) is 10.2. The lowest BCUT2D eigenvalue weighted by Crippen LogP contribution is -2.42. The molecule has 0 aliphatic carbocycles. The van der Waals surface area contributed by atoms with Gasteiger partial charge in [-0.2, -0.15) is 0 Å². The smallest absolute Gasteiger partial charge is 0.330 e. The molecule has 0 spiro atoms. The number of nitrogen functional groups attached to an aromatic ring is 1. The summed E-state index contributed by atoms with van der Waals surface area (Å²) in [6.45, 7) is 10.8. The summed E-state index contributed by atoms with van der Waals surface area (Å²) in [5, 5.41) is 0. The van der Waals surface area contributed by atoms with Gasteiger partial charge in [0, 0.05) is 18.7 Å².